The van der Waals surface area contributed by atoms with Crippen molar-refractivity contribution in [3.63, 3.8) is 0 Å². The zero-order valence-corrected chi connectivity index (χ0v) is 8.03. The van der Waals surface area contributed by atoms with Crippen LogP contribution in [-0.2, 0) is 9.59 Å². The van der Waals surface area contributed by atoms with E-state index in [0.29, 0.717) is 6.54 Å². The third kappa shape index (κ3) is 3.14. The Morgan fingerprint density at radius 1 is 1.31 bits per heavy atom. The van der Waals surface area contributed by atoms with E-state index in [1.54, 1.807) is 6.92 Å². The van der Waals surface area contributed by atoms with E-state index in [1.807, 2.05) is 4.90 Å². The maximum absolute atomic E-state index is 11.1. The summed E-state index contributed by atoms with van der Waals surface area (Å²) in [6, 6.07) is 0. The smallest absolute Gasteiger partial charge is 0.219 e. The quantitative estimate of drug-likeness (QED) is 0.555. The summed E-state index contributed by atoms with van der Waals surface area (Å²) in [6.45, 7) is 5.40. The molecule has 0 spiro atoms. The Hall–Kier alpha value is -0.900. The first kappa shape index (κ1) is 10.2. The van der Waals surface area contributed by atoms with Crippen molar-refractivity contribution in [1.82, 2.24) is 9.80 Å². The number of hydrogen-bond acceptors (Lipinski definition) is 3. The summed E-state index contributed by atoms with van der Waals surface area (Å²) in [4.78, 5) is 25.2. The van der Waals surface area contributed by atoms with Crippen molar-refractivity contribution in [1.29, 1.82) is 0 Å². The van der Waals surface area contributed by atoms with Crippen LogP contribution in [0.1, 0.15) is 13.3 Å². The number of amides is 1. The van der Waals surface area contributed by atoms with Crippen molar-refractivity contribution < 1.29 is 9.59 Å². The van der Waals surface area contributed by atoms with E-state index in [9.17, 15) is 9.59 Å². The van der Waals surface area contributed by atoms with Gasteiger partial charge in [-0.05, 0) is 6.42 Å². The second-order valence-corrected chi connectivity index (χ2v) is 3.33. The zero-order chi connectivity index (χ0) is 9.68. The number of nitrogens with zero attached hydrogens (tertiary/aromatic N) is 2. The summed E-state index contributed by atoms with van der Waals surface area (Å²) in [5, 5.41) is 0. The number of carbonyl (C=O) groups is 2. The summed E-state index contributed by atoms with van der Waals surface area (Å²) in [7, 11) is 0. The van der Waals surface area contributed by atoms with Gasteiger partial charge in [-0.3, -0.25) is 9.69 Å². The van der Waals surface area contributed by atoms with Gasteiger partial charge in [0.25, 0.3) is 0 Å². The van der Waals surface area contributed by atoms with Gasteiger partial charge in [-0.2, -0.15) is 0 Å². The lowest BCUT2D eigenvalue weighted by atomic mass is 10.4. The highest BCUT2D eigenvalue weighted by molar-refractivity contribution is 5.73. The molecule has 0 aromatic carbocycles. The standard InChI is InChI=1S/C9H16N2O2/c1-9(13)11-4-2-3-10(5-6-11)7-8-12/h8H,2-7H2,1H3. The summed E-state index contributed by atoms with van der Waals surface area (Å²) < 4.78 is 0. The Balaban J connectivity index is 2.39. The van der Waals surface area contributed by atoms with Crippen LogP contribution in [0.25, 0.3) is 0 Å². The Morgan fingerprint density at radius 3 is 2.69 bits per heavy atom. The van der Waals surface area contributed by atoms with Gasteiger partial charge in [0, 0.05) is 33.1 Å². The third-order valence-corrected chi connectivity index (χ3v) is 2.37. The Kier molecular flexibility index (Phi) is 3.89. The van der Waals surface area contributed by atoms with E-state index in [2.05, 4.69) is 4.90 Å². The highest BCUT2D eigenvalue weighted by Crippen LogP contribution is 2.01. The minimum Gasteiger partial charge on any atom is -0.342 e. The first-order valence-electron chi connectivity index (χ1n) is 4.65. The largest absolute Gasteiger partial charge is 0.342 e. The van der Waals surface area contributed by atoms with Crippen LogP contribution in [-0.4, -0.2) is 54.7 Å². The minimum absolute atomic E-state index is 0.132. The van der Waals surface area contributed by atoms with Gasteiger partial charge in [-0.15, -0.1) is 0 Å². The van der Waals surface area contributed by atoms with E-state index in [-0.39, 0.29) is 5.91 Å². The molecule has 1 fully saturated rings. The van der Waals surface area contributed by atoms with E-state index in [1.165, 1.54) is 0 Å². The van der Waals surface area contributed by atoms with Gasteiger partial charge in [-0.1, -0.05) is 0 Å². The van der Waals surface area contributed by atoms with Crippen LogP contribution in [0.2, 0.25) is 0 Å². The van der Waals surface area contributed by atoms with Crippen molar-refractivity contribution in [2.75, 3.05) is 32.7 Å². The first-order chi connectivity index (χ1) is 6.24. The molecule has 13 heavy (non-hydrogen) atoms. The summed E-state index contributed by atoms with van der Waals surface area (Å²) >= 11 is 0. The molecule has 0 saturated carbocycles. The molecular weight excluding hydrogens is 168 g/mol. The summed E-state index contributed by atoms with van der Waals surface area (Å²) in [6.07, 6.45) is 1.89. The van der Waals surface area contributed by atoms with E-state index in [0.717, 1.165) is 38.9 Å². The fraction of sp³-hybridized carbons (Fsp3) is 0.778. The van der Waals surface area contributed by atoms with E-state index >= 15 is 0 Å². The van der Waals surface area contributed by atoms with E-state index < -0.39 is 0 Å². The van der Waals surface area contributed by atoms with Crippen molar-refractivity contribution >= 4 is 12.2 Å². The van der Waals surface area contributed by atoms with Crippen LogP contribution in [0, 0.1) is 0 Å². The second kappa shape index (κ2) is 4.97. The first-order valence-corrected chi connectivity index (χ1v) is 4.65. The SMILES string of the molecule is CC(=O)N1CCCN(CC=O)CC1. The molecule has 0 atom stereocenters. The number of aldehydes is 1. The van der Waals surface area contributed by atoms with Crippen LogP contribution < -0.4 is 0 Å². The van der Waals surface area contributed by atoms with Gasteiger partial charge in [0.15, 0.2) is 0 Å². The molecule has 1 aliphatic rings. The molecule has 4 nitrogen and oxygen atoms in total. The number of carbonyl (C=O) groups excluding carboxylic acids is 2. The second-order valence-electron chi connectivity index (χ2n) is 3.33. The van der Waals surface area contributed by atoms with Crippen LogP contribution >= 0.6 is 0 Å². The van der Waals surface area contributed by atoms with Crippen molar-refractivity contribution in [3.8, 4) is 0 Å². The Morgan fingerprint density at radius 2 is 2.08 bits per heavy atom. The van der Waals surface area contributed by atoms with Gasteiger partial charge >= 0.3 is 0 Å². The van der Waals surface area contributed by atoms with Crippen molar-refractivity contribution in [2.24, 2.45) is 0 Å². The number of rotatable bonds is 2. The van der Waals surface area contributed by atoms with Gasteiger partial charge in [0.2, 0.25) is 5.91 Å². The van der Waals surface area contributed by atoms with Crippen LogP contribution in [0.3, 0.4) is 0 Å². The average molecular weight is 184 g/mol. The molecule has 0 aliphatic carbocycles. The highest BCUT2D eigenvalue weighted by atomic mass is 16.2. The molecule has 1 rings (SSSR count). The molecule has 0 radical (unpaired) electrons. The topological polar surface area (TPSA) is 40.6 Å². The molecule has 1 heterocycles. The molecule has 0 aromatic heterocycles. The lowest BCUT2D eigenvalue weighted by molar-refractivity contribution is -0.128. The normalized spacial score (nSPS) is 19.6. The van der Waals surface area contributed by atoms with Crippen LogP contribution in [0.15, 0.2) is 0 Å². The molecule has 74 valence electrons. The maximum Gasteiger partial charge on any atom is 0.219 e. The highest BCUT2D eigenvalue weighted by Gasteiger charge is 2.15. The molecule has 1 amide bonds. The zero-order valence-electron chi connectivity index (χ0n) is 8.03. The van der Waals surface area contributed by atoms with Gasteiger partial charge < -0.3 is 9.69 Å². The molecule has 4 heteroatoms. The lowest BCUT2D eigenvalue weighted by Crippen LogP contribution is -2.34. The van der Waals surface area contributed by atoms with Gasteiger partial charge in [0.05, 0.1) is 6.54 Å². The van der Waals surface area contributed by atoms with Crippen molar-refractivity contribution in [2.45, 2.75) is 13.3 Å². The Labute approximate surface area is 78.5 Å². The fourth-order valence-electron chi connectivity index (χ4n) is 1.57. The van der Waals surface area contributed by atoms with E-state index in [4.69, 9.17) is 0 Å². The molecule has 0 aromatic rings. The maximum atomic E-state index is 11.1. The van der Waals surface area contributed by atoms with Crippen LogP contribution in [0.5, 0.6) is 0 Å². The monoisotopic (exact) mass is 184 g/mol. The Bertz CT molecular complexity index is 194. The summed E-state index contributed by atoms with van der Waals surface area (Å²) in [5.41, 5.74) is 0. The molecule has 0 N–H and O–H groups in total. The van der Waals surface area contributed by atoms with Crippen LogP contribution in [0.4, 0.5) is 0 Å². The lowest BCUT2D eigenvalue weighted by Gasteiger charge is -2.18. The third-order valence-electron chi connectivity index (χ3n) is 2.37. The predicted octanol–water partition coefficient (Wildman–Crippen LogP) is -0.261. The van der Waals surface area contributed by atoms with Crippen molar-refractivity contribution in [3.05, 3.63) is 0 Å². The predicted molar refractivity (Wildman–Crippen MR) is 49.4 cm³/mol. The van der Waals surface area contributed by atoms with Gasteiger partial charge in [0.1, 0.15) is 6.29 Å². The minimum atomic E-state index is 0.132. The molecule has 0 unspecified atom stereocenters. The summed E-state index contributed by atoms with van der Waals surface area (Å²) in [5.74, 6) is 0.132. The number of hydrogen-bond donors (Lipinski definition) is 0. The molecule has 0 bridgehead atoms. The molecule has 1 aliphatic heterocycles. The average Bonchev–Trinajstić information content (AvgIpc) is 2.30. The van der Waals surface area contributed by atoms with Gasteiger partial charge in [-0.25, -0.2) is 0 Å². The molecular formula is C9H16N2O2. The molecule has 1 saturated heterocycles. The fourth-order valence-corrected chi connectivity index (χ4v) is 1.57.